The zero-order valence-electron chi connectivity index (χ0n) is 30.6. The van der Waals surface area contributed by atoms with E-state index in [0.717, 1.165) is 21.3 Å². The van der Waals surface area contributed by atoms with E-state index in [-0.39, 0.29) is 30.2 Å². The van der Waals surface area contributed by atoms with Gasteiger partial charge in [0.2, 0.25) is 0 Å². The second-order valence-electron chi connectivity index (χ2n) is 13.0. The van der Waals surface area contributed by atoms with E-state index in [2.05, 4.69) is 10.3 Å². The molecule has 1 fully saturated rings. The van der Waals surface area contributed by atoms with Gasteiger partial charge in [-0.3, -0.25) is 9.36 Å². The molecule has 0 aliphatic carbocycles. The Labute approximate surface area is 322 Å². The Kier molecular flexibility index (Phi) is 11.3. The standard InChI is InChI=1S/C44H39N3O9/c1-52-34-22-18-32(19-23-34)44(31-16-10-5-11-17-31,33-20-24-35(53-2)25-21-33)54-28-38-36(48)26-39(55-38)47-27-37(56-42(50)30-14-8-4-9-15-30)40(46-43(47)51)45-41(49)29-12-6-3-7-13-29/h3-25,27,36,38-39,48H,26,28H2,1-2H3,(H,45,46,49,51)/t36-,38+,39+/m0/s1. The molecule has 5 aromatic carbocycles. The number of aromatic nitrogens is 2. The second kappa shape index (κ2) is 16.8. The highest BCUT2D eigenvalue weighted by atomic mass is 16.6. The summed E-state index contributed by atoms with van der Waals surface area (Å²) in [6.45, 7) is -0.103. The van der Waals surface area contributed by atoms with Crippen LogP contribution in [0, 0.1) is 0 Å². The molecule has 7 rings (SSSR count). The number of aliphatic hydroxyl groups is 1. The Balaban J connectivity index is 1.20. The number of nitrogens with one attached hydrogen (secondary N) is 1. The summed E-state index contributed by atoms with van der Waals surface area (Å²) in [6.07, 6.45) is -1.76. The average Bonchev–Trinajstić information content (AvgIpc) is 3.62. The maximum Gasteiger partial charge on any atom is 0.351 e. The molecular formula is C44H39N3O9. The molecule has 56 heavy (non-hydrogen) atoms. The lowest BCUT2D eigenvalue weighted by atomic mass is 9.80. The summed E-state index contributed by atoms with van der Waals surface area (Å²) in [7, 11) is 3.19. The van der Waals surface area contributed by atoms with Crippen LogP contribution in [0.4, 0.5) is 5.82 Å². The minimum Gasteiger partial charge on any atom is -0.497 e. The Morgan fingerprint density at radius 1 is 0.768 bits per heavy atom. The van der Waals surface area contributed by atoms with Crippen molar-refractivity contribution in [2.24, 2.45) is 0 Å². The number of rotatable bonds is 13. The van der Waals surface area contributed by atoms with Gasteiger partial charge in [-0.2, -0.15) is 4.98 Å². The van der Waals surface area contributed by atoms with Crippen molar-refractivity contribution in [2.75, 3.05) is 26.1 Å². The number of carbonyl (C=O) groups is 2. The number of carbonyl (C=O) groups excluding carboxylic acids is 2. The smallest absolute Gasteiger partial charge is 0.351 e. The lowest BCUT2D eigenvalue weighted by Crippen LogP contribution is -2.38. The highest BCUT2D eigenvalue weighted by molar-refractivity contribution is 6.04. The molecule has 1 aromatic heterocycles. The number of hydrogen-bond acceptors (Lipinski definition) is 10. The number of amides is 1. The number of nitrogens with zero attached hydrogens (tertiary/aromatic N) is 2. The van der Waals surface area contributed by atoms with Crippen molar-refractivity contribution in [3.63, 3.8) is 0 Å². The topological polar surface area (TPSA) is 147 Å². The number of anilines is 1. The van der Waals surface area contributed by atoms with E-state index < -0.39 is 41.6 Å². The maximum atomic E-state index is 13.6. The molecule has 284 valence electrons. The van der Waals surface area contributed by atoms with Crippen LogP contribution in [0.5, 0.6) is 17.2 Å². The Morgan fingerprint density at radius 2 is 1.29 bits per heavy atom. The monoisotopic (exact) mass is 753 g/mol. The van der Waals surface area contributed by atoms with Crippen LogP contribution < -0.4 is 25.2 Å². The fourth-order valence-corrected chi connectivity index (χ4v) is 6.64. The average molecular weight is 754 g/mol. The molecule has 2 heterocycles. The molecule has 1 aliphatic heterocycles. The van der Waals surface area contributed by atoms with Gasteiger partial charge in [0.05, 0.1) is 38.7 Å². The molecular weight excluding hydrogens is 714 g/mol. The molecule has 1 aliphatic rings. The Morgan fingerprint density at radius 3 is 1.84 bits per heavy atom. The van der Waals surface area contributed by atoms with Crippen LogP contribution in [0.2, 0.25) is 0 Å². The number of esters is 1. The molecule has 0 radical (unpaired) electrons. The van der Waals surface area contributed by atoms with Crippen LogP contribution in [-0.4, -0.2) is 59.6 Å². The SMILES string of the molecule is COc1ccc(C(OC[C@H]2O[C@@H](n3cc(OC(=O)c4ccccc4)c(NC(=O)c4ccccc4)nc3=O)C[C@@H]2O)(c2ccccc2)c2ccc(OC)cc2)cc1. The van der Waals surface area contributed by atoms with E-state index in [1.54, 1.807) is 74.9 Å². The molecule has 3 atom stereocenters. The van der Waals surface area contributed by atoms with E-state index in [1.807, 2.05) is 78.9 Å². The zero-order chi connectivity index (χ0) is 39.1. The largest absolute Gasteiger partial charge is 0.497 e. The van der Waals surface area contributed by atoms with Gasteiger partial charge in [-0.15, -0.1) is 0 Å². The first-order valence-electron chi connectivity index (χ1n) is 17.9. The molecule has 6 aromatic rings. The van der Waals surface area contributed by atoms with Crippen LogP contribution in [0.1, 0.15) is 50.1 Å². The first-order chi connectivity index (χ1) is 27.3. The van der Waals surface area contributed by atoms with Gasteiger partial charge in [0.25, 0.3) is 5.91 Å². The number of methoxy groups -OCH3 is 2. The summed E-state index contributed by atoms with van der Waals surface area (Å²) in [4.78, 5) is 44.0. The summed E-state index contributed by atoms with van der Waals surface area (Å²) in [5.74, 6) is -0.409. The van der Waals surface area contributed by atoms with Gasteiger partial charge >= 0.3 is 11.7 Å². The number of benzene rings is 5. The molecule has 0 bridgehead atoms. The van der Waals surface area contributed by atoms with E-state index in [1.165, 1.54) is 6.20 Å². The molecule has 0 saturated carbocycles. The van der Waals surface area contributed by atoms with Gasteiger partial charge < -0.3 is 34.1 Å². The Bertz CT molecular complexity index is 2270. The fourth-order valence-electron chi connectivity index (χ4n) is 6.64. The third kappa shape index (κ3) is 7.94. The molecule has 1 amide bonds. The minimum absolute atomic E-state index is 0.0131. The van der Waals surface area contributed by atoms with E-state index in [9.17, 15) is 19.5 Å². The lowest BCUT2D eigenvalue weighted by Gasteiger charge is -2.37. The molecule has 12 heteroatoms. The number of hydrogen-bond donors (Lipinski definition) is 2. The predicted molar refractivity (Wildman–Crippen MR) is 207 cm³/mol. The summed E-state index contributed by atoms with van der Waals surface area (Å²) < 4.78 is 31.0. The number of aliphatic hydroxyl groups excluding tert-OH is 1. The van der Waals surface area contributed by atoms with Crippen LogP contribution in [0.3, 0.4) is 0 Å². The van der Waals surface area contributed by atoms with E-state index in [4.69, 9.17) is 23.7 Å². The third-order valence-electron chi connectivity index (χ3n) is 9.55. The second-order valence-corrected chi connectivity index (χ2v) is 13.0. The lowest BCUT2D eigenvalue weighted by molar-refractivity contribution is -0.0944. The predicted octanol–water partition coefficient (Wildman–Crippen LogP) is 6.39. The van der Waals surface area contributed by atoms with Gasteiger partial charge in [0.15, 0.2) is 11.6 Å². The van der Waals surface area contributed by atoms with Gasteiger partial charge in [0, 0.05) is 12.0 Å². The normalized spacial score (nSPS) is 16.5. The molecule has 0 unspecified atom stereocenters. The van der Waals surface area contributed by atoms with Crippen molar-refractivity contribution >= 4 is 17.7 Å². The van der Waals surface area contributed by atoms with Crippen LogP contribution >= 0.6 is 0 Å². The zero-order valence-corrected chi connectivity index (χ0v) is 30.6. The van der Waals surface area contributed by atoms with Crippen molar-refractivity contribution in [1.82, 2.24) is 9.55 Å². The molecule has 0 spiro atoms. The minimum atomic E-state index is -1.18. The molecule has 12 nitrogen and oxygen atoms in total. The quantitative estimate of drug-likeness (QED) is 0.101. The summed E-state index contributed by atoms with van der Waals surface area (Å²) in [5, 5.41) is 14.0. The van der Waals surface area contributed by atoms with Gasteiger partial charge in [-0.1, -0.05) is 91.0 Å². The van der Waals surface area contributed by atoms with Crippen LogP contribution in [-0.2, 0) is 15.1 Å². The number of ether oxygens (including phenoxy) is 5. The van der Waals surface area contributed by atoms with Crippen LogP contribution in [0.25, 0.3) is 0 Å². The fraction of sp³-hybridized carbons (Fsp3) is 0.182. The van der Waals surface area contributed by atoms with Crippen molar-refractivity contribution in [1.29, 1.82) is 0 Å². The van der Waals surface area contributed by atoms with Crippen molar-refractivity contribution in [2.45, 2.75) is 30.5 Å². The van der Waals surface area contributed by atoms with Gasteiger partial charge in [0.1, 0.15) is 29.4 Å². The summed E-state index contributed by atoms with van der Waals surface area (Å²) in [5.41, 5.74) is 0.955. The third-order valence-corrected chi connectivity index (χ3v) is 9.55. The summed E-state index contributed by atoms with van der Waals surface area (Å²) >= 11 is 0. The van der Waals surface area contributed by atoms with E-state index in [0.29, 0.717) is 17.1 Å². The molecule has 1 saturated heterocycles. The highest BCUT2D eigenvalue weighted by Crippen LogP contribution is 2.43. The highest BCUT2D eigenvalue weighted by Gasteiger charge is 2.42. The van der Waals surface area contributed by atoms with E-state index >= 15 is 0 Å². The summed E-state index contributed by atoms with van der Waals surface area (Å²) in [6, 6.07) is 41.4. The Hall–Kier alpha value is -6.60. The first-order valence-corrected chi connectivity index (χ1v) is 17.9. The van der Waals surface area contributed by atoms with Crippen molar-refractivity contribution in [3.05, 3.63) is 184 Å². The first kappa shape index (κ1) is 37.7. The van der Waals surface area contributed by atoms with Crippen molar-refractivity contribution < 1.29 is 38.4 Å². The van der Waals surface area contributed by atoms with Gasteiger partial charge in [-0.25, -0.2) is 9.59 Å². The van der Waals surface area contributed by atoms with Gasteiger partial charge in [-0.05, 0) is 65.2 Å². The molecule has 2 N–H and O–H groups in total. The maximum absolute atomic E-state index is 13.6. The van der Waals surface area contributed by atoms with Crippen molar-refractivity contribution in [3.8, 4) is 17.2 Å². The van der Waals surface area contributed by atoms with Crippen LogP contribution in [0.15, 0.2) is 151 Å².